The van der Waals surface area contributed by atoms with Gasteiger partial charge in [-0.3, -0.25) is 0 Å². The predicted octanol–water partition coefficient (Wildman–Crippen LogP) is 5.76. The third kappa shape index (κ3) is 5.78. The number of phenolic OH excluding ortho intramolecular Hbond substituents is 1. The summed E-state index contributed by atoms with van der Waals surface area (Å²) in [6.07, 6.45) is 0. The van der Waals surface area contributed by atoms with Gasteiger partial charge in [0.1, 0.15) is 30.5 Å². The van der Waals surface area contributed by atoms with Crippen LogP contribution in [0.25, 0.3) is 0 Å². The van der Waals surface area contributed by atoms with Crippen molar-refractivity contribution in [3.8, 4) is 17.2 Å². The van der Waals surface area contributed by atoms with Crippen LogP contribution >= 0.6 is 45.2 Å². The zero-order valence-electron chi connectivity index (χ0n) is 13.3. The average molecular weight is 558 g/mol. The summed E-state index contributed by atoms with van der Waals surface area (Å²) in [6.45, 7) is 0.789. The van der Waals surface area contributed by atoms with E-state index < -0.39 is 0 Å². The summed E-state index contributed by atoms with van der Waals surface area (Å²) in [5.41, 5.74) is 1.81. The SMILES string of the molecule is Oc1cc(COc2ccc(I)cc2)cc(COc2ccc(I)cc2)c1. The Morgan fingerprint density at radius 3 is 1.44 bits per heavy atom. The van der Waals surface area contributed by atoms with E-state index in [0.29, 0.717) is 13.2 Å². The van der Waals surface area contributed by atoms with E-state index in [1.165, 1.54) is 0 Å². The Bertz CT molecular complexity index is 763. The molecule has 3 aromatic carbocycles. The van der Waals surface area contributed by atoms with E-state index in [2.05, 4.69) is 45.2 Å². The molecule has 0 aliphatic carbocycles. The van der Waals surface area contributed by atoms with E-state index in [1.807, 2.05) is 54.6 Å². The fraction of sp³-hybridized carbons (Fsp3) is 0.100. The number of aromatic hydroxyl groups is 1. The topological polar surface area (TPSA) is 38.7 Å². The summed E-state index contributed by atoms with van der Waals surface area (Å²) in [5, 5.41) is 9.95. The van der Waals surface area contributed by atoms with Crippen molar-refractivity contribution in [2.45, 2.75) is 13.2 Å². The van der Waals surface area contributed by atoms with Crippen LogP contribution in [0.4, 0.5) is 0 Å². The molecule has 0 aliphatic rings. The molecule has 0 aromatic heterocycles. The molecule has 0 radical (unpaired) electrons. The van der Waals surface area contributed by atoms with Gasteiger partial charge in [0.15, 0.2) is 0 Å². The highest BCUT2D eigenvalue weighted by Crippen LogP contribution is 2.21. The molecule has 3 rings (SSSR count). The van der Waals surface area contributed by atoms with E-state index >= 15 is 0 Å². The fourth-order valence-corrected chi connectivity index (χ4v) is 3.02. The first-order valence-corrected chi connectivity index (χ1v) is 9.83. The normalized spacial score (nSPS) is 10.5. The molecule has 0 heterocycles. The lowest BCUT2D eigenvalue weighted by Crippen LogP contribution is -1.99. The Kier molecular flexibility index (Phi) is 6.41. The number of hydrogen-bond acceptors (Lipinski definition) is 3. The van der Waals surface area contributed by atoms with Gasteiger partial charge in [0, 0.05) is 7.14 Å². The molecule has 0 spiro atoms. The summed E-state index contributed by atoms with van der Waals surface area (Å²) in [7, 11) is 0. The van der Waals surface area contributed by atoms with Gasteiger partial charge in [0.2, 0.25) is 0 Å². The van der Waals surface area contributed by atoms with Crippen molar-refractivity contribution in [1.29, 1.82) is 0 Å². The second-order valence-corrected chi connectivity index (χ2v) is 7.98. The van der Waals surface area contributed by atoms with Crippen molar-refractivity contribution in [2.24, 2.45) is 0 Å². The molecule has 0 saturated heterocycles. The quantitative estimate of drug-likeness (QED) is 0.392. The zero-order chi connectivity index (χ0) is 17.6. The van der Waals surface area contributed by atoms with Crippen molar-refractivity contribution in [3.63, 3.8) is 0 Å². The summed E-state index contributed by atoms with van der Waals surface area (Å²) < 4.78 is 13.9. The van der Waals surface area contributed by atoms with Crippen LogP contribution in [0.2, 0.25) is 0 Å². The largest absolute Gasteiger partial charge is 0.508 e. The molecule has 3 nitrogen and oxygen atoms in total. The van der Waals surface area contributed by atoms with Crippen LogP contribution in [0.3, 0.4) is 0 Å². The molecule has 25 heavy (non-hydrogen) atoms. The number of benzene rings is 3. The number of halogens is 2. The summed E-state index contributed by atoms with van der Waals surface area (Å²) in [4.78, 5) is 0. The molecule has 5 heteroatoms. The number of ether oxygens (including phenoxy) is 2. The van der Waals surface area contributed by atoms with Crippen LogP contribution in [-0.4, -0.2) is 5.11 Å². The van der Waals surface area contributed by atoms with Gasteiger partial charge >= 0.3 is 0 Å². The van der Waals surface area contributed by atoms with Gasteiger partial charge in [-0.25, -0.2) is 0 Å². The third-order valence-corrected chi connectivity index (χ3v) is 4.91. The number of phenols is 1. The molecule has 0 unspecified atom stereocenters. The zero-order valence-corrected chi connectivity index (χ0v) is 17.6. The second-order valence-electron chi connectivity index (χ2n) is 5.49. The molecule has 0 saturated carbocycles. The highest BCUT2D eigenvalue weighted by Gasteiger charge is 2.04. The highest BCUT2D eigenvalue weighted by atomic mass is 127. The first-order valence-electron chi connectivity index (χ1n) is 7.67. The van der Waals surface area contributed by atoms with Crippen molar-refractivity contribution < 1.29 is 14.6 Å². The maximum atomic E-state index is 9.95. The molecule has 0 aliphatic heterocycles. The number of rotatable bonds is 6. The highest BCUT2D eigenvalue weighted by molar-refractivity contribution is 14.1. The average Bonchev–Trinajstić information content (AvgIpc) is 2.60. The van der Waals surface area contributed by atoms with Crippen LogP contribution in [-0.2, 0) is 13.2 Å². The van der Waals surface area contributed by atoms with Crippen LogP contribution in [0.5, 0.6) is 17.2 Å². The first-order chi connectivity index (χ1) is 12.1. The molecule has 128 valence electrons. The molecular weight excluding hydrogens is 542 g/mol. The maximum absolute atomic E-state index is 9.95. The molecule has 0 fully saturated rings. The minimum Gasteiger partial charge on any atom is -0.508 e. The van der Waals surface area contributed by atoms with Crippen molar-refractivity contribution in [2.75, 3.05) is 0 Å². The Morgan fingerprint density at radius 1 is 0.640 bits per heavy atom. The fourth-order valence-electron chi connectivity index (χ4n) is 2.30. The molecule has 3 aromatic rings. The van der Waals surface area contributed by atoms with Gasteiger partial charge < -0.3 is 14.6 Å². The molecule has 0 amide bonds. The summed E-state index contributed by atoms with van der Waals surface area (Å²) >= 11 is 4.52. The van der Waals surface area contributed by atoms with Gasteiger partial charge in [-0.15, -0.1) is 0 Å². The van der Waals surface area contributed by atoms with Gasteiger partial charge in [-0.2, -0.15) is 0 Å². The maximum Gasteiger partial charge on any atom is 0.119 e. The van der Waals surface area contributed by atoms with Gasteiger partial charge in [-0.05, 0) is 123 Å². The van der Waals surface area contributed by atoms with E-state index in [1.54, 1.807) is 12.1 Å². The smallest absolute Gasteiger partial charge is 0.119 e. The Labute approximate surface area is 174 Å². The van der Waals surface area contributed by atoms with Crippen LogP contribution in [0.15, 0.2) is 66.7 Å². The van der Waals surface area contributed by atoms with Crippen molar-refractivity contribution >= 4 is 45.2 Å². The Hall–Kier alpha value is -1.48. The minimum atomic E-state index is 0.213. The summed E-state index contributed by atoms with van der Waals surface area (Å²) in [5.74, 6) is 1.82. The standard InChI is InChI=1S/C20H16I2O3/c21-16-1-5-19(6-2-16)24-12-14-9-15(11-18(23)10-14)13-25-20-7-3-17(22)4-8-20/h1-11,23H,12-13H2. The third-order valence-electron chi connectivity index (χ3n) is 3.48. The van der Waals surface area contributed by atoms with E-state index in [-0.39, 0.29) is 5.75 Å². The Morgan fingerprint density at radius 2 is 1.04 bits per heavy atom. The molecular formula is C20H16I2O3. The van der Waals surface area contributed by atoms with Gasteiger partial charge in [0.25, 0.3) is 0 Å². The molecule has 0 atom stereocenters. The molecule has 0 bridgehead atoms. The van der Waals surface area contributed by atoms with Crippen molar-refractivity contribution in [1.82, 2.24) is 0 Å². The number of hydrogen-bond donors (Lipinski definition) is 1. The lowest BCUT2D eigenvalue weighted by Gasteiger charge is -2.10. The van der Waals surface area contributed by atoms with E-state index in [9.17, 15) is 5.11 Å². The van der Waals surface area contributed by atoms with Gasteiger partial charge in [0.05, 0.1) is 0 Å². The molecule has 1 N–H and O–H groups in total. The summed E-state index contributed by atoms with van der Waals surface area (Å²) in [6, 6.07) is 21.1. The Balaban J connectivity index is 1.63. The monoisotopic (exact) mass is 558 g/mol. The predicted molar refractivity (Wildman–Crippen MR) is 115 cm³/mol. The minimum absolute atomic E-state index is 0.213. The lowest BCUT2D eigenvalue weighted by molar-refractivity contribution is 0.298. The first kappa shape index (κ1) is 18.3. The second kappa shape index (κ2) is 8.75. The van der Waals surface area contributed by atoms with Crippen molar-refractivity contribution in [3.05, 3.63) is 85.0 Å². The lowest BCUT2D eigenvalue weighted by atomic mass is 10.1. The van der Waals surface area contributed by atoms with Crippen LogP contribution in [0.1, 0.15) is 11.1 Å². The van der Waals surface area contributed by atoms with E-state index in [4.69, 9.17) is 9.47 Å². The van der Waals surface area contributed by atoms with E-state index in [0.717, 1.165) is 29.8 Å². The van der Waals surface area contributed by atoms with Crippen LogP contribution in [0, 0.1) is 7.14 Å². The van der Waals surface area contributed by atoms with Gasteiger partial charge in [-0.1, -0.05) is 0 Å². The van der Waals surface area contributed by atoms with Crippen LogP contribution < -0.4 is 9.47 Å².